The molecule has 0 saturated heterocycles. The van der Waals surface area contributed by atoms with E-state index in [1.807, 2.05) is 49.4 Å². The third-order valence-corrected chi connectivity index (χ3v) is 3.60. The number of aryl methyl sites for hydroxylation is 1. The predicted octanol–water partition coefficient (Wildman–Crippen LogP) is 2.75. The Morgan fingerprint density at radius 1 is 1.00 bits per heavy atom. The summed E-state index contributed by atoms with van der Waals surface area (Å²) in [5.74, 6) is 2.03. The summed E-state index contributed by atoms with van der Waals surface area (Å²) in [5.41, 5.74) is 2.17. The smallest absolute Gasteiger partial charge is 0.257 e. The van der Waals surface area contributed by atoms with Gasteiger partial charge in [0, 0.05) is 12.6 Å². The van der Waals surface area contributed by atoms with Crippen LogP contribution in [0, 0.1) is 6.92 Å². The molecule has 0 fully saturated rings. The molecule has 5 nitrogen and oxygen atoms in total. The summed E-state index contributed by atoms with van der Waals surface area (Å²) < 4.78 is 16.0. The first-order valence-electron chi connectivity index (χ1n) is 7.79. The van der Waals surface area contributed by atoms with Crippen LogP contribution in [0.25, 0.3) is 0 Å². The van der Waals surface area contributed by atoms with E-state index in [1.54, 1.807) is 14.2 Å². The fourth-order valence-electron chi connectivity index (χ4n) is 2.23. The van der Waals surface area contributed by atoms with Crippen LogP contribution in [0.15, 0.2) is 42.5 Å². The Hall–Kier alpha value is -2.69. The fourth-order valence-corrected chi connectivity index (χ4v) is 2.23. The van der Waals surface area contributed by atoms with E-state index >= 15 is 0 Å². The highest BCUT2D eigenvalue weighted by Crippen LogP contribution is 2.24. The monoisotopic (exact) mass is 329 g/mol. The molecule has 24 heavy (non-hydrogen) atoms. The van der Waals surface area contributed by atoms with Gasteiger partial charge in [0.25, 0.3) is 5.91 Å². The molecule has 0 aliphatic rings. The lowest BCUT2D eigenvalue weighted by molar-refractivity contribution is -0.123. The Labute approximate surface area is 142 Å². The molecule has 0 heterocycles. The van der Waals surface area contributed by atoms with Crippen LogP contribution in [0.3, 0.4) is 0 Å². The molecule has 0 aromatic heterocycles. The van der Waals surface area contributed by atoms with E-state index in [1.165, 1.54) is 0 Å². The van der Waals surface area contributed by atoms with Gasteiger partial charge >= 0.3 is 0 Å². The molecule has 1 N–H and O–H groups in total. The second-order valence-corrected chi connectivity index (χ2v) is 5.38. The van der Waals surface area contributed by atoms with E-state index in [0.717, 1.165) is 22.6 Å². The zero-order valence-corrected chi connectivity index (χ0v) is 14.3. The standard InChI is InChI=1S/C19H23NO4/c1-14-4-7-16(8-5-14)24-13-19(21)20-11-10-15-6-9-17(22-2)12-18(15)23-3/h4-9,12H,10-11,13H2,1-3H3,(H,20,21). The number of benzene rings is 2. The first-order valence-corrected chi connectivity index (χ1v) is 7.79. The molecule has 128 valence electrons. The number of hydrogen-bond donors (Lipinski definition) is 1. The van der Waals surface area contributed by atoms with Crippen molar-refractivity contribution >= 4 is 5.91 Å². The maximum absolute atomic E-state index is 11.8. The van der Waals surface area contributed by atoms with Gasteiger partial charge in [0.1, 0.15) is 17.2 Å². The number of ether oxygens (including phenoxy) is 3. The van der Waals surface area contributed by atoms with E-state index in [0.29, 0.717) is 18.7 Å². The van der Waals surface area contributed by atoms with Crippen LogP contribution in [0.1, 0.15) is 11.1 Å². The van der Waals surface area contributed by atoms with Crippen LogP contribution in [-0.4, -0.2) is 33.3 Å². The van der Waals surface area contributed by atoms with Crippen molar-refractivity contribution in [1.82, 2.24) is 5.32 Å². The number of rotatable bonds is 8. The number of methoxy groups -OCH3 is 2. The molecule has 5 heteroatoms. The van der Waals surface area contributed by atoms with E-state index < -0.39 is 0 Å². The number of nitrogens with one attached hydrogen (secondary N) is 1. The Morgan fingerprint density at radius 2 is 1.71 bits per heavy atom. The van der Waals surface area contributed by atoms with Gasteiger partial charge in [-0.1, -0.05) is 23.8 Å². The molecule has 0 aliphatic carbocycles. The number of carbonyl (C=O) groups excluding carboxylic acids is 1. The van der Waals surface area contributed by atoms with Crippen LogP contribution in [0.4, 0.5) is 0 Å². The van der Waals surface area contributed by atoms with Gasteiger partial charge in [-0.05, 0) is 37.1 Å². The molecule has 0 bridgehead atoms. The molecule has 1 amide bonds. The Bertz CT molecular complexity index is 668. The molecule has 0 spiro atoms. The maximum atomic E-state index is 11.8. The highest BCUT2D eigenvalue weighted by atomic mass is 16.5. The van der Waals surface area contributed by atoms with Crippen LogP contribution >= 0.6 is 0 Å². The molecule has 2 aromatic rings. The molecular weight excluding hydrogens is 306 g/mol. The largest absolute Gasteiger partial charge is 0.497 e. The van der Waals surface area contributed by atoms with Crippen molar-refractivity contribution in [2.45, 2.75) is 13.3 Å². The minimum atomic E-state index is -0.150. The van der Waals surface area contributed by atoms with E-state index in [-0.39, 0.29) is 12.5 Å². The summed E-state index contributed by atoms with van der Waals surface area (Å²) in [6.07, 6.45) is 0.670. The summed E-state index contributed by atoms with van der Waals surface area (Å²) in [5, 5.41) is 2.84. The van der Waals surface area contributed by atoms with Gasteiger partial charge in [0.2, 0.25) is 0 Å². The van der Waals surface area contributed by atoms with Gasteiger partial charge in [-0.25, -0.2) is 0 Å². The second-order valence-electron chi connectivity index (χ2n) is 5.38. The fraction of sp³-hybridized carbons (Fsp3) is 0.316. The van der Waals surface area contributed by atoms with Gasteiger partial charge in [-0.15, -0.1) is 0 Å². The van der Waals surface area contributed by atoms with Gasteiger partial charge < -0.3 is 19.5 Å². The zero-order chi connectivity index (χ0) is 17.4. The molecule has 0 unspecified atom stereocenters. The quantitative estimate of drug-likeness (QED) is 0.809. The highest BCUT2D eigenvalue weighted by molar-refractivity contribution is 5.77. The third kappa shape index (κ3) is 5.19. The van der Waals surface area contributed by atoms with Crippen molar-refractivity contribution in [3.8, 4) is 17.2 Å². The van der Waals surface area contributed by atoms with Gasteiger partial charge in [-0.3, -0.25) is 4.79 Å². The highest BCUT2D eigenvalue weighted by Gasteiger charge is 2.07. The molecule has 0 saturated carbocycles. The average Bonchev–Trinajstić information content (AvgIpc) is 2.61. The van der Waals surface area contributed by atoms with E-state index in [9.17, 15) is 4.79 Å². The molecule has 0 radical (unpaired) electrons. The average molecular weight is 329 g/mol. The van der Waals surface area contributed by atoms with Crippen LogP contribution in [0.5, 0.6) is 17.2 Å². The Morgan fingerprint density at radius 3 is 2.38 bits per heavy atom. The predicted molar refractivity (Wildman–Crippen MR) is 92.9 cm³/mol. The van der Waals surface area contributed by atoms with Crippen molar-refractivity contribution in [1.29, 1.82) is 0 Å². The summed E-state index contributed by atoms with van der Waals surface area (Å²) in [6.45, 7) is 2.52. The van der Waals surface area contributed by atoms with E-state index in [2.05, 4.69) is 5.32 Å². The Balaban J connectivity index is 1.77. The van der Waals surface area contributed by atoms with Crippen LogP contribution in [-0.2, 0) is 11.2 Å². The van der Waals surface area contributed by atoms with Crippen molar-refractivity contribution in [2.75, 3.05) is 27.4 Å². The summed E-state index contributed by atoms with van der Waals surface area (Å²) in [4.78, 5) is 11.8. The number of amides is 1. The van der Waals surface area contributed by atoms with Crippen molar-refractivity contribution in [3.05, 3.63) is 53.6 Å². The SMILES string of the molecule is COc1ccc(CCNC(=O)COc2ccc(C)cc2)c(OC)c1. The molecule has 0 aliphatic heterocycles. The lowest BCUT2D eigenvalue weighted by atomic mass is 10.1. The van der Waals surface area contributed by atoms with Crippen molar-refractivity contribution < 1.29 is 19.0 Å². The second kappa shape index (κ2) is 8.82. The zero-order valence-electron chi connectivity index (χ0n) is 14.3. The van der Waals surface area contributed by atoms with Crippen LogP contribution < -0.4 is 19.5 Å². The molecule has 0 atom stereocenters. The topological polar surface area (TPSA) is 56.8 Å². The summed E-state index contributed by atoms with van der Waals surface area (Å²) in [6, 6.07) is 13.2. The minimum absolute atomic E-state index is 0.00279. The van der Waals surface area contributed by atoms with Gasteiger partial charge in [0.05, 0.1) is 14.2 Å². The first kappa shape index (κ1) is 17.7. The lowest BCUT2D eigenvalue weighted by Gasteiger charge is -2.11. The third-order valence-electron chi connectivity index (χ3n) is 3.60. The van der Waals surface area contributed by atoms with Gasteiger partial charge in [-0.2, -0.15) is 0 Å². The van der Waals surface area contributed by atoms with E-state index in [4.69, 9.17) is 14.2 Å². The molecule has 2 aromatic carbocycles. The molecule has 2 rings (SSSR count). The van der Waals surface area contributed by atoms with Crippen molar-refractivity contribution in [3.63, 3.8) is 0 Å². The van der Waals surface area contributed by atoms with Crippen molar-refractivity contribution in [2.24, 2.45) is 0 Å². The first-order chi connectivity index (χ1) is 11.6. The lowest BCUT2D eigenvalue weighted by Crippen LogP contribution is -2.30. The van der Waals surface area contributed by atoms with Gasteiger partial charge in [0.15, 0.2) is 6.61 Å². The Kier molecular flexibility index (Phi) is 6.49. The molecular formula is C19H23NO4. The number of carbonyl (C=O) groups is 1. The summed E-state index contributed by atoms with van der Waals surface area (Å²) in [7, 11) is 3.23. The summed E-state index contributed by atoms with van der Waals surface area (Å²) >= 11 is 0. The minimum Gasteiger partial charge on any atom is -0.497 e. The number of hydrogen-bond acceptors (Lipinski definition) is 4. The maximum Gasteiger partial charge on any atom is 0.257 e. The normalized spacial score (nSPS) is 10.1. The van der Waals surface area contributed by atoms with Crippen LogP contribution in [0.2, 0.25) is 0 Å².